The molecule has 0 aromatic rings. The second-order valence-corrected chi connectivity index (χ2v) is 5.91. The van der Waals surface area contributed by atoms with Crippen LogP contribution in [-0.2, 0) is 9.59 Å². The Morgan fingerprint density at radius 3 is 2.50 bits per heavy atom. The van der Waals surface area contributed by atoms with Gasteiger partial charge in [-0.1, -0.05) is 25.4 Å². The van der Waals surface area contributed by atoms with Gasteiger partial charge < -0.3 is 10.2 Å². The van der Waals surface area contributed by atoms with E-state index >= 15 is 0 Å². The van der Waals surface area contributed by atoms with Gasteiger partial charge in [0.15, 0.2) is 0 Å². The summed E-state index contributed by atoms with van der Waals surface area (Å²) >= 11 is 5.65. The van der Waals surface area contributed by atoms with Gasteiger partial charge in [0.2, 0.25) is 11.8 Å². The van der Waals surface area contributed by atoms with E-state index < -0.39 is 11.6 Å². The Kier molecular flexibility index (Phi) is 4.43. The Labute approximate surface area is 113 Å². The molecule has 4 nitrogen and oxygen atoms in total. The maximum absolute atomic E-state index is 12.4. The molecule has 5 heteroatoms. The topological polar surface area (TPSA) is 49.4 Å². The van der Waals surface area contributed by atoms with Gasteiger partial charge in [0.05, 0.1) is 0 Å². The highest BCUT2D eigenvalue weighted by Crippen LogP contribution is 2.23. The largest absolute Gasteiger partial charge is 0.340 e. The molecule has 1 unspecified atom stereocenters. The van der Waals surface area contributed by atoms with E-state index in [0.717, 1.165) is 5.57 Å². The number of hydrogen-bond acceptors (Lipinski definition) is 2. The molecule has 1 N–H and O–H groups in total. The number of rotatable bonds is 3. The van der Waals surface area contributed by atoms with Gasteiger partial charge >= 0.3 is 0 Å². The van der Waals surface area contributed by atoms with Crippen molar-refractivity contribution < 1.29 is 9.59 Å². The molecule has 2 amide bonds. The molecular weight excluding hydrogens is 252 g/mol. The summed E-state index contributed by atoms with van der Waals surface area (Å²) in [5, 5.41) is 2.78. The predicted molar refractivity (Wildman–Crippen MR) is 72.2 cm³/mol. The lowest BCUT2D eigenvalue weighted by molar-refractivity contribution is -0.154. The van der Waals surface area contributed by atoms with E-state index in [-0.39, 0.29) is 17.7 Å². The third-order valence-corrected chi connectivity index (χ3v) is 3.45. The van der Waals surface area contributed by atoms with Crippen molar-refractivity contribution in [2.45, 2.75) is 46.2 Å². The molecule has 1 atom stereocenters. The number of carbonyl (C=O) groups excluding carboxylic acids is 2. The van der Waals surface area contributed by atoms with Crippen molar-refractivity contribution in [3.8, 4) is 0 Å². The van der Waals surface area contributed by atoms with E-state index in [2.05, 4.69) is 5.32 Å². The van der Waals surface area contributed by atoms with Crippen molar-refractivity contribution in [2.24, 2.45) is 5.92 Å². The summed E-state index contributed by atoms with van der Waals surface area (Å²) in [6.45, 7) is 9.54. The Morgan fingerprint density at radius 2 is 2.06 bits per heavy atom. The first-order valence-corrected chi connectivity index (χ1v) is 6.53. The highest BCUT2D eigenvalue weighted by atomic mass is 35.5. The lowest BCUT2D eigenvalue weighted by Gasteiger charge is -2.44. The fraction of sp³-hybridized carbons (Fsp3) is 0.692. The zero-order valence-electron chi connectivity index (χ0n) is 11.6. The smallest absolute Gasteiger partial charge is 0.248 e. The lowest BCUT2D eigenvalue weighted by atomic mass is 9.91. The third-order valence-electron chi connectivity index (χ3n) is 3.07. The Bertz CT molecular complexity index is 388. The minimum absolute atomic E-state index is 0.0631. The molecule has 1 aliphatic rings. The maximum Gasteiger partial charge on any atom is 0.248 e. The number of nitrogens with one attached hydrogen (secondary N) is 1. The van der Waals surface area contributed by atoms with Gasteiger partial charge in [0, 0.05) is 12.1 Å². The van der Waals surface area contributed by atoms with Crippen molar-refractivity contribution in [1.82, 2.24) is 10.2 Å². The first-order valence-electron chi connectivity index (χ1n) is 6.09. The van der Waals surface area contributed by atoms with Crippen molar-refractivity contribution in [3.63, 3.8) is 0 Å². The first kappa shape index (κ1) is 15.0. The fourth-order valence-corrected chi connectivity index (χ4v) is 2.27. The number of halogens is 1. The van der Waals surface area contributed by atoms with Gasteiger partial charge in [0.1, 0.15) is 11.6 Å². The summed E-state index contributed by atoms with van der Waals surface area (Å²) in [6.07, 6.45) is 0. The zero-order chi connectivity index (χ0) is 14.1. The number of piperazine rings is 1. The Balaban J connectivity index is 3.10. The number of amides is 2. The van der Waals surface area contributed by atoms with Crippen molar-refractivity contribution >= 4 is 23.4 Å². The summed E-state index contributed by atoms with van der Waals surface area (Å²) in [5.41, 5.74) is 1.46. The molecule has 0 aromatic carbocycles. The average molecular weight is 273 g/mol. The molecule has 1 rings (SSSR count). The summed E-state index contributed by atoms with van der Waals surface area (Å²) in [7, 11) is 0. The van der Waals surface area contributed by atoms with Crippen LogP contribution in [0, 0.1) is 5.92 Å². The molecule has 0 aliphatic carbocycles. The molecule has 1 saturated heterocycles. The molecule has 1 aliphatic heterocycles. The van der Waals surface area contributed by atoms with Crippen LogP contribution in [0.4, 0.5) is 0 Å². The van der Waals surface area contributed by atoms with Crippen LogP contribution in [0.15, 0.2) is 11.1 Å². The number of carbonyl (C=O) groups is 2. The molecule has 18 heavy (non-hydrogen) atoms. The van der Waals surface area contributed by atoms with Gasteiger partial charge in [0.25, 0.3) is 0 Å². The second kappa shape index (κ2) is 5.31. The maximum atomic E-state index is 12.4. The molecule has 0 radical (unpaired) electrons. The Morgan fingerprint density at radius 1 is 1.50 bits per heavy atom. The SMILES string of the molecule is CC(=CCl)CN1C(=O)C(C)(C)NC(=O)C1C(C)C. The molecule has 1 fully saturated rings. The van der Waals surface area contributed by atoms with Gasteiger partial charge in [-0.25, -0.2) is 0 Å². The van der Waals surface area contributed by atoms with E-state index in [1.165, 1.54) is 5.54 Å². The average Bonchev–Trinajstić information content (AvgIpc) is 2.24. The first-order chi connectivity index (χ1) is 8.20. The van der Waals surface area contributed by atoms with Crippen LogP contribution in [0.5, 0.6) is 0 Å². The molecule has 0 spiro atoms. The molecule has 1 heterocycles. The van der Waals surface area contributed by atoms with Crippen LogP contribution >= 0.6 is 11.6 Å². The van der Waals surface area contributed by atoms with Crippen LogP contribution < -0.4 is 5.32 Å². The third kappa shape index (κ3) is 2.86. The van der Waals surface area contributed by atoms with E-state index in [4.69, 9.17) is 11.6 Å². The van der Waals surface area contributed by atoms with Crippen LogP contribution in [0.1, 0.15) is 34.6 Å². The highest BCUT2D eigenvalue weighted by molar-refractivity contribution is 6.25. The monoisotopic (exact) mass is 272 g/mol. The van der Waals surface area contributed by atoms with Crippen molar-refractivity contribution in [1.29, 1.82) is 0 Å². The quantitative estimate of drug-likeness (QED) is 0.853. The predicted octanol–water partition coefficient (Wildman–Crippen LogP) is 1.89. The molecule has 0 saturated carbocycles. The summed E-state index contributed by atoms with van der Waals surface area (Å²) in [6, 6.07) is -0.433. The number of hydrogen-bond donors (Lipinski definition) is 1. The van der Waals surface area contributed by atoms with Crippen LogP contribution in [0.2, 0.25) is 0 Å². The minimum Gasteiger partial charge on any atom is -0.340 e. The normalized spacial score (nSPS) is 24.5. The van der Waals surface area contributed by atoms with Crippen molar-refractivity contribution in [3.05, 3.63) is 11.1 Å². The highest BCUT2D eigenvalue weighted by Gasteiger charge is 2.46. The lowest BCUT2D eigenvalue weighted by Crippen LogP contribution is -2.69. The van der Waals surface area contributed by atoms with Crippen LogP contribution in [-0.4, -0.2) is 34.8 Å². The fourth-order valence-electron chi connectivity index (χ4n) is 2.20. The van der Waals surface area contributed by atoms with E-state index in [0.29, 0.717) is 6.54 Å². The van der Waals surface area contributed by atoms with Gasteiger partial charge in [-0.15, -0.1) is 0 Å². The molecular formula is C13H21ClN2O2. The minimum atomic E-state index is -0.852. The molecule has 102 valence electrons. The standard InChI is InChI=1S/C13H21ClN2O2/c1-8(2)10-11(17)15-13(4,5)12(18)16(10)7-9(3)6-14/h6,8,10H,7H2,1-5H3,(H,15,17). The summed E-state index contributed by atoms with van der Waals surface area (Å²) in [4.78, 5) is 26.1. The van der Waals surface area contributed by atoms with E-state index in [1.807, 2.05) is 20.8 Å². The van der Waals surface area contributed by atoms with Crippen molar-refractivity contribution in [2.75, 3.05) is 6.54 Å². The van der Waals surface area contributed by atoms with Gasteiger partial charge in [-0.05, 0) is 32.3 Å². The van der Waals surface area contributed by atoms with Gasteiger partial charge in [-0.2, -0.15) is 0 Å². The van der Waals surface area contributed by atoms with Crippen LogP contribution in [0.25, 0.3) is 0 Å². The molecule has 0 bridgehead atoms. The number of nitrogens with zero attached hydrogens (tertiary/aromatic N) is 1. The van der Waals surface area contributed by atoms with E-state index in [9.17, 15) is 9.59 Å². The van der Waals surface area contributed by atoms with E-state index in [1.54, 1.807) is 18.7 Å². The zero-order valence-corrected chi connectivity index (χ0v) is 12.3. The Hall–Kier alpha value is -1.03. The van der Waals surface area contributed by atoms with Crippen LogP contribution in [0.3, 0.4) is 0 Å². The second-order valence-electron chi connectivity index (χ2n) is 5.69. The summed E-state index contributed by atoms with van der Waals surface area (Å²) < 4.78 is 0. The van der Waals surface area contributed by atoms with Gasteiger partial charge in [-0.3, -0.25) is 9.59 Å². The summed E-state index contributed by atoms with van der Waals surface area (Å²) in [5.74, 6) is -0.108. The molecule has 0 aromatic heterocycles.